The molecule has 0 unspecified atom stereocenters. The lowest BCUT2D eigenvalue weighted by molar-refractivity contribution is -0.139. The number of unbranched alkanes of at least 4 members (excludes halogenated alkanes) is 1. The first-order chi connectivity index (χ1) is 12.5. The highest BCUT2D eigenvalue weighted by molar-refractivity contribution is 5.67. The third-order valence-electron chi connectivity index (χ3n) is 2.99. The molecule has 0 aliphatic carbocycles. The number of hydrogen-bond acceptors (Lipinski definition) is 6. The molecule has 0 saturated heterocycles. The second-order valence-corrected chi connectivity index (χ2v) is 5.41. The first-order valence-electron chi connectivity index (χ1n) is 9.72. The van der Waals surface area contributed by atoms with Crippen molar-refractivity contribution in [2.75, 3.05) is 52.4 Å². The lowest BCUT2D eigenvalue weighted by Gasteiger charge is -1.99. The zero-order chi connectivity index (χ0) is 20.5. The fourth-order valence-electron chi connectivity index (χ4n) is 1.61. The molecule has 0 radical (unpaired) electrons. The Hall–Kier alpha value is -1.22. The van der Waals surface area contributed by atoms with Crippen molar-refractivity contribution in [3.63, 3.8) is 0 Å². The van der Waals surface area contributed by atoms with E-state index in [-0.39, 0.29) is 12.8 Å². The predicted molar refractivity (Wildman–Crippen MR) is 108 cm³/mol. The Labute approximate surface area is 159 Å². The van der Waals surface area contributed by atoms with Gasteiger partial charge >= 0.3 is 11.9 Å². The molecule has 0 rings (SSSR count). The molecule has 0 saturated carbocycles. The van der Waals surface area contributed by atoms with Crippen LogP contribution in [0.1, 0.15) is 53.4 Å². The summed E-state index contributed by atoms with van der Waals surface area (Å²) in [5.74, 6) is -1.74. The number of aliphatic carboxylic acids is 2. The zero-order valence-corrected chi connectivity index (χ0v) is 17.2. The van der Waals surface area contributed by atoms with E-state index in [1.165, 1.54) is 0 Å². The fourth-order valence-corrected chi connectivity index (χ4v) is 1.61. The van der Waals surface area contributed by atoms with Gasteiger partial charge in [0.2, 0.25) is 0 Å². The van der Waals surface area contributed by atoms with Gasteiger partial charge in [0.15, 0.2) is 0 Å². The second kappa shape index (κ2) is 28.6. The van der Waals surface area contributed by atoms with Crippen LogP contribution in [0.5, 0.6) is 0 Å². The average Bonchev–Trinajstić information content (AvgIpc) is 2.60. The Morgan fingerprint density at radius 3 is 0.962 bits per heavy atom. The summed E-state index contributed by atoms with van der Waals surface area (Å²) in [5, 5.41) is 29.1. The zero-order valence-electron chi connectivity index (χ0n) is 17.2. The highest BCUT2D eigenvalue weighted by Crippen LogP contribution is 1.98. The molecule has 0 aromatic carbocycles. The molecule has 0 aromatic rings. The molecule has 0 heterocycles. The van der Waals surface area contributed by atoms with E-state index in [9.17, 15) is 9.59 Å². The van der Waals surface area contributed by atoms with Crippen LogP contribution in [0.15, 0.2) is 0 Å². The molecule has 158 valence electrons. The van der Waals surface area contributed by atoms with E-state index >= 15 is 0 Å². The average molecular weight is 379 g/mol. The van der Waals surface area contributed by atoms with Gasteiger partial charge < -0.3 is 31.5 Å². The van der Waals surface area contributed by atoms with Crippen molar-refractivity contribution in [3.8, 4) is 0 Å². The summed E-state index contributed by atoms with van der Waals surface area (Å²) in [6.45, 7) is 17.1. The number of hydrogen-bond donors (Lipinski definition) is 6. The van der Waals surface area contributed by atoms with Gasteiger partial charge in [0.25, 0.3) is 0 Å². The predicted octanol–water partition coefficient (Wildman–Crippen LogP) is 1.13. The number of carboxylic acid groups (broad SMARTS) is 2. The topological polar surface area (TPSA) is 123 Å². The lowest BCUT2D eigenvalue weighted by Crippen LogP contribution is -2.26. The largest absolute Gasteiger partial charge is 0.481 e. The van der Waals surface area contributed by atoms with Crippen LogP contribution in [-0.2, 0) is 9.59 Å². The summed E-state index contributed by atoms with van der Waals surface area (Å²) in [5.41, 5.74) is 0. The molecule has 0 aliphatic rings. The fraction of sp³-hybridized carbons (Fsp3) is 0.889. The van der Waals surface area contributed by atoms with Crippen LogP contribution >= 0.6 is 0 Å². The molecule has 26 heavy (non-hydrogen) atoms. The van der Waals surface area contributed by atoms with Crippen molar-refractivity contribution in [1.82, 2.24) is 21.3 Å². The van der Waals surface area contributed by atoms with Gasteiger partial charge in [0.05, 0.1) is 0 Å². The molecule has 6 N–H and O–H groups in total. The van der Waals surface area contributed by atoms with Crippen LogP contribution in [0.2, 0.25) is 0 Å². The van der Waals surface area contributed by atoms with Gasteiger partial charge in [0.1, 0.15) is 0 Å². The molecule has 0 aliphatic heterocycles. The van der Waals surface area contributed by atoms with E-state index in [2.05, 4.69) is 49.0 Å². The molecule has 0 fully saturated rings. The van der Waals surface area contributed by atoms with E-state index in [0.29, 0.717) is 12.8 Å². The van der Waals surface area contributed by atoms with Crippen LogP contribution in [0.4, 0.5) is 0 Å². The molecule has 8 heteroatoms. The van der Waals surface area contributed by atoms with Crippen molar-refractivity contribution in [2.24, 2.45) is 0 Å². The van der Waals surface area contributed by atoms with Crippen molar-refractivity contribution in [1.29, 1.82) is 0 Å². The highest BCUT2D eigenvalue weighted by Gasteiger charge is 1.99. The van der Waals surface area contributed by atoms with Gasteiger partial charge in [-0.2, -0.15) is 0 Å². The smallest absolute Gasteiger partial charge is 0.303 e. The minimum Gasteiger partial charge on any atom is -0.481 e. The normalized spacial score (nSPS) is 9.54. The van der Waals surface area contributed by atoms with Crippen molar-refractivity contribution in [2.45, 2.75) is 53.4 Å². The van der Waals surface area contributed by atoms with Crippen molar-refractivity contribution in [3.05, 3.63) is 0 Å². The highest BCUT2D eigenvalue weighted by atomic mass is 16.4. The maximum Gasteiger partial charge on any atom is 0.303 e. The summed E-state index contributed by atoms with van der Waals surface area (Å²) in [6.07, 6.45) is 1.02. The van der Waals surface area contributed by atoms with Crippen molar-refractivity contribution >= 4 is 11.9 Å². The number of nitrogens with one attached hydrogen (secondary N) is 4. The van der Waals surface area contributed by atoms with E-state index in [0.717, 1.165) is 52.4 Å². The van der Waals surface area contributed by atoms with E-state index in [1.54, 1.807) is 0 Å². The molecule has 0 atom stereocenters. The second-order valence-electron chi connectivity index (χ2n) is 5.41. The number of rotatable bonds is 15. The Balaban J connectivity index is -0.000000308. The molecule has 0 spiro atoms. The Kier molecular flexibility index (Phi) is 32.5. The van der Waals surface area contributed by atoms with Gasteiger partial charge in [-0.05, 0) is 39.0 Å². The first kappa shape index (κ1) is 29.5. The minimum atomic E-state index is -0.870. The monoisotopic (exact) mass is 378 g/mol. The van der Waals surface area contributed by atoms with Crippen LogP contribution in [-0.4, -0.2) is 74.5 Å². The summed E-state index contributed by atoms with van der Waals surface area (Å²) >= 11 is 0. The van der Waals surface area contributed by atoms with Gasteiger partial charge in [-0.3, -0.25) is 9.59 Å². The van der Waals surface area contributed by atoms with Crippen LogP contribution < -0.4 is 21.3 Å². The van der Waals surface area contributed by atoms with Crippen LogP contribution in [0.25, 0.3) is 0 Å². The van der Waals surface area contributed by atoms with Crippen LogP contribution in [0, 0.1) is 0 Å². The third-order valence-corrected chi connectivity index (χ3v) is 2.99. The Morgan fingerprint density at radius 2 is 0.808 bits per heavy atom. The SMILES string of the molecule is CCNCCNCC.CCNCCNCC.O=C(O)CCCCC(=O)O. The standard InChI is InChI=1S/2C6H16N2.C6H10O4/c2*1-3-7-5-6-8-4-2;7-5(8)3-1-2-4-6(9)10/h2*7-8H,3-6H2,1-2H3;1-4H2,(H,7,8)(H,9,10). The molecule has 0 amide bonds. The number of carbonyl (C=O) groups is 2. The Morgan fingerprint density at radius 1 is 0.577 bits per heavy atom. The summed E-state index contributed by atoms with van der Waals surface area (Å²) in [6, 6.07) is 0. The van der Waals surface area contributed by atoms with Crippen LogP contribution in [0.3, 0.4) is 0 Å². The minimum absolute atomic E-state index is 0.0628. The van der Waals surface area contributed by atoms with Gasteiger partial charge in [-0.25, -0.2) is 0 Å². The summed E-state index contributed by atoms with van der Waals surface area (Å²) < 4.78 is 0. The lowest BCUT2D eigenvalue weighted by atomic mass is 10.2. The van der Waals surface area contributed by atoms with Gasteiger partial charge in [0, 0.05) is 39.0 Å². The van der Waals surface area contributed by atoms with Gasteiger partial charge in [-0.1, -0.05) is 27.7 Å². The van der Waals surface area contributed by atoms with E-state index in [1.807, 2.05) is 0 Å². The molecular weight excluding hydrogens is 336 g/mol. The summed E-state index contributed by atoms with van der Waals surface area (Å²) in [4.78, 5) is 19.8. The first-order valence-corrected chi connectivity index (χ1v) is 9.72. The third kappa shape index (κ3) is 43.4. The quantitative estimate of drug-likeness (QED) is 0.234. The molecule has 0 aromatic heterocycles. The maximum atomic E-state index is 9.90. The number of likely N-dealkylation sites (N-methyl/N-ethyl adjacent to an activating group) is 4. The molecule has 8 nitrogen and oxygen atoms in total. The maximum absolute atomic E-state index is 9.90. The van der Waals surface area contributed by atoms with E-state index < -0.39 is 11.9 Å². The molecular formula is C18H42N4O4. The van der Waals surface area contributed by atoms with E-state index in [4.69, 9.17) is 10.2 Å². The summed E-state index contributed by atoms with van der Waals surface area (Å²) in [7, 11) is 0. The number of carboxylic acids is 2. The van der Waals surface area contributed by atoms with Crippen molar-refractivity contribution < 1.29 is 19.8 Å². The van der Waals surface area contributed by atoms with Gasteiger partial charge in [-0.15, -0.1) is 0 Å². The Bertz CT molecular complexity index is 252. The molecule has 0 bridgehead atoms.